The Balaban J connectivity index is 2.13. The highest BCUT2D eigenvalue weighted by molar-refractivity contribution is 5.20. The molecule has 1 N–H and O–H groups in total. The fourth-order valence-electron chi connectivity index (χ4n) is 2.66. The Hall–Kier alpha value is -1.68. The number of benzene rings is 1. The van der Waals surface area contributed by atoms with E-state index in [-0.39, 0.29) is 0 Å². The molecule has 108 valence electrons. The molecule has 0 bridgehead atoms. The van der Waals surface area contributed by atoms with Gasteiger partial charge in [0.25, 0.3) is 0 Å². The van der Waals surface area contributed by atoms with E-state index in [4.69, 9.17) is 0 Å². The molecule has 0 aliphatic rings. The minimum atomic E-state index is 0.376. The highest BCUT2D eigenvalue weighted by Crippen LogP contribution is 2.27. The van der Waals surface area contributed by atoms with Crippen molar-refractivity contribution in [2.75, 3.05) is 0 Å². The first-order chi connectivity index (χ1) is 9.76. The number of hydrogen-bond donors (Lipinski definition) is 1. The van der Waals surface area contributed by atoms with Crippen LogP contribution in [-0.4, -0.2) is 15.0 Å². The molecule has 0 radical (unpaired) electrons. The number of nitrogens with zero attached hydrogens (tertiary/aromatic N) is 3. The molecule has 0 amide bonds. The van der Waals surface area contributed by atoms with Gasteiger partial charge in [-0.05, 0) is 11.5 Å². The Kier molecular flexibility index (Phi) is 5.30. The number of hydrogen-bond acceptors (Lipinski definition) is 3. The smallest absolute Gasteiger partial charge is 0.0738 e. The molecule has 1 heterocycles. The van der Waals surface area contributed by atoms with E-state index in [1.54, 1.807) is 0 Å². The maximum absolute atomic E-state index is 3.98. The summed E-state index contributed by atoms with van der Waals surface area (Å²) in [7, 11) is 1.93. The molecule has 20 heavy (non-hydrogen) atoms. The van der Waals surface area contributed by atoms with Crippen molar-refractivity contribution in [3.05, 3.63) is 47.8 Å². The third-order valence-corrected chi connectivity index (χ3v) is 3.99. The van der Waals surface area contributed by atoms with Gasteiger partial charge in [0.2, 0.25) is 0 Å². The molecule has 2 rings (SSSR count). The van der Waals surface area contributed by atoms with Gasteiger partial charge in [-0.15, -0.1) is 5.10 Å². The molecular formula is C16H24N4. The summed E-state index contributed by atoms with van der Waals surface area (Å²) in [5, 5.41) is 11.6. The first kappa shape index (κ1) is 14.7. The zero-order chi connectivity index (χ0) is 14.4. The van der Waals surface area contributed by atoms with Gasteiger partial charge in [-0.1, -0.05) is 62.2 Å². The predicted molar refractivity (Wildman–Crippen MR) is 81.1 cm³/mol. The highest BCUT2D eigenvalue weighted by Gasteiger charge is 2.20. The van der Waals surface area contributed by atoms with Crippen LogP contribution in [0.1, 0.15) is 44.0 Å². The number of nitrogens with one attached hydrogen (secondary N) is 1. The van der Waals surface area contributed by atoms with Crippen molar-refractivity contribution in [1.29, 1.82) is 0 Å². The molecule has 2 aromatic rings. The summed E-state index contributed by atoms with van der Waals surface area (Å²) in [6.07, 6.45) is 4.17. The summed E-state index contributed by atoms with van der Waals surface area (Å²) < 4.78 is 1.82. The Morgan fingerprint density at radius 3 is 2.40 bits per heavy atom. The standard InChI is InChI=1S/C16H24N4/c1-4-13(5-2)16(14-9-7-6-8-10-14)17-11-15-12-18-19-20(15)3/h6-10,12-13,16-17H,4-5,11H2,1-3H3. The largest absolute Gasteiger partial charge is 0.304 e. The van der Waals surface area contributed by atoms with Crippen LogP contribution in [0.3, 0.4) is 0 Å². The lowest BCUT2D eigenvalue weighted by Gasteiger charge is -2.27. The lowest BCUT2D eigenvalue weighted by Crippen LogP contribution is -2.28. The van der Waals surface area contributed by atoms with Gasteiger partial charge in [-0.3, -0.25) is 4.68 Å². The van der Waals surface area contributed by atoms with Crippen LogP contribution >= 0.6 is 0 Å². The Labute approximate surface area is 121 Å². The first-order valence-electron chi connectivity index (χ1n) is 7.38. The minimum Gasteiger partial charge on any atom is -0.304 e. The van der Waals surface area contributed by atoms with Crippen LogP contribution in [0.2, 0.25) is 0 Å². The summed E-state index contributed by atoms with van der Waals surface area (Å²) in [6.45, 7) is 5.31. The summed E-state index contributed by atoms with van der Waals surface area (Å²) in [6, 6.07) is 11.1. The van der Waals surface area contributed by atoms with Crippen LogP contribution in [0.4, 0.5) is 0 Å². The van der Waals surface area contributed by atoms with Crippen LogP contribution < -0.4 is 5.32 Å². The SMILES string of the molecule is CCC(CC)C(NCc1cnnn1C)c1ccccc1. The maximum Gasteiger partial charge on any atom is 0.0738 e. The summed E-state index contributed by atoms with van der Waals surface area (Å²) >= 11 is 0. The maximum atomic E-state index is 3.98. The van der Waals surface area contributed by atoms with E-state index < -0.39 is 0 Å². The lowest BCUT2D eigenvalue weighted by atomic mass is 9.89. The van der Waals surface area contributed by atoms with Gasteiger partial charge in [-0.2, -0.15) is 0 Å². The van der Waals surface area contributed by atoms with E-state index in [0.717, 1.165) is 12.2 Å². The van der Waals surface area contributed by atoms with E-state index in [2.05, 4.69) is 59.8 Å². The van der Waals surface area contributed by atoms with Gasteiger partial charge in [0, 0.05) is 19.6 Å². The van der Waals surface area contributed by atoms with Crippen molar-refractivity contribution in [1.82, 2.24) is 20.3 Å². The van der Waals surface area contributed by atoms with Gasteiger partial charge in [0.1, 0.15) is 0 Å². The average molecular weight is 272 g/mol. The molecule has 1 unspecified atom stereocenters. The Bertz CT molecular complexity index is 502. The van der Waals surface area contributed by atoms with Gasteiger partial charge in [0.05, 0.1) is 11.9 Å². The zero-order valence-electron chi connectivity index (χ0n) is 12.6. The first-order valence-corrected chi connectivity index (χ1v) is 7.38. The van der Waals surface area contributed by atoms with Gasteiger partial charge < -0.3 is 5.32 Å². The van der Waals surface area contributed by atoms with Crippen molar-refractivity contribution < 1.29 is 0 Å². The van der Waals surface area contributed by atoms with E-state index in [1.165, 1.54) is 18.4 Å². The van der Waals surface area contributed by atoms with Crippen LogP contribution in [-0.2, 0) is 13.6 Å². The Morgan fingerprint density at radius 2 is 1.85 bits per heavy atom. The van der Waals surface area contributed by atoms with Crippen LogP contribution in [0.25, 0.3) is 0 Å². The molecule has 4 nitrogen and oxygen atoms in total. The van der Waals surface area contributed by atoms with Crippen LogP contribution in [0.15, 0.2) is 36.5 Å². The van der Waals surface area contributed by atoms with Crippen molar-refractivity contribution in [2.24, 2.45) is 13.0 Å². The molecule has 1 aromatic heterocycles. The quantitative estimate of drug-likeness (QED) is 0.842. The Morgan fingerprint density at radius 1 is 1.15 bits per heavy atom. The molecular weight excluding hydrogens is 248 g/mol. The van der Waals surface area contributed by atoms with E-state index in [1.807, 2.05) is 17.9 Å². The highest BCUT2D eigenvalue weighted by atomic mass is 15.4. The fourth-order valence-corrected chi connectivity index (χ4v) is 2.66. The molecule has 0 aliphatic carbocycles. The minimum absolute atomic E-state index is 0.376. The second-order valence-corrected chi connectivity index (χ2v) is 5.19. The number of aryl methyl sites for hydroxylation is 1. The number of rotatable bonds is 7. The van der Waals surface area contributed by atoms with E-state index in [0.29, 0.717) is 12.0 Å². The molecule has 1 atom stereocenters. The summed E-state index contributed by atoms with van der Waals surface area (Å²) in [5.41, 5.74) is 2.47. The topological polar surface area (TPSA) is 42.7 Å². The monoisotopic (exact) mass is 272 g/mol. The van der Waals surface area contributed by atoms with Crippen molar-refractivity contribution in [2.45, 2.75) is 39.3 Å². The zero-order valence-corrected chi connectivity index (χ0v) is 12.6. The van der Waals surface area contributed by atoms with Gasteiger partial charge in [-0.25, -0.2) is 0 Å². The third-order valence-electron chi connectivity index (χ3n) is 3.99. The number of aromatic nitrogens is 3. The predicted octanol–water partition coefficient (Wildman–Crippen LogP) is 3.08. The lowest BCUT2D eigenvalue weighted by molar-refractivity contribution is 0.336. The second kappa shape index (κ2) is 7.20. The molecule has 0 saturated heterocycles. The van der Waals surface area contributed by atoms with Crippen LogP contribution in [0, 0.1) is 5.92 Å². The van der Waals surface area contributed by atoms with Crippen LogP contribution in [0.5, 0.6) is 0 Å². The molecule has 1 aromatic carbocycles. The average Bonchev–Trinajstić information content (AvgIpc) is 2.90. The van der Waals surface area contributed by atoms with Gasteiger partial charge in [0.15, 0.2) is 0 Å². The van der Waals surface area contributed by atoms with E-state index >= 15 is 0 Å². The second-order valence-electron chi connectivity index (χ2n) is 5.19. The fraction of sp³-hybridized carbons (Fsp3) is 0.500. The van der Waals surface area contributed by atoms with E-state index in [9.17, 15) is 0 Å². The molecule has 0 fully saturated rings. The van der Waals surface area contributed by atoms with Gasteiger partial charge >= 0.3 is 0 Å². The third kappa shape index (κ3) is 3.45. The molecule has 4 heteroatoms. The molecule has 0 saturated carbocycles. The summed E-state index contributed by atoms with van der Waals surface area (Å²) in [5.74, 6) is 0.638. The van der Waals surface area contributed by atoms with Crippen molar-refractivity contribution in [3.63, 3.8) is 0 Å². The van der Waals surface area contributed by atoms with Crippen molar-refractivity contribution in [3.8, 4) is 0 Å². The summed E-state index contributed by atoms with van der Waals surface area (Å²) in [4.78, 5) is 0. The molecule has 0 aliphatic heterocycles. The normalized spacial score (nSPS) is 12.8. The molecule has 0 spiro atoms. The van der Waals surface area contributed by atoms with Crippen molar-refractivity contribution >= 4 is 0 Å².